The number of esters is 1. The molecule has 0 saturated heterocycles. The maximum atomic E-state index is 12.9. The van der Waals surface area contributed by atoms with E-state index < -0.39 is 40.0 Å². The molecule has 0 aromatic heterocycles. The number of nitrogens with one attached hydrogen (secondary N) is 1. The molecule has 0 aliphatic heterocycles. The Balaban J connectivity index is 2.28. The van der Waals surface area contributed by atoms with Crippen LogP contribution in [0.5, 0.6) is 0 Å². The maximum absolute atomic E-state index is 12.9. The highest BCUT2D eigenvalue weighted by atomic mass is 32.2. The maximum Gasteiger partial charge on any atom is 0.325 e. The van der Waals surface area contributed by atoms with E-state index in [0.717, 1.165) is 0 Å². The number of benzene rings is 2. The van der Waals surface area contributed by atoms with Gasteiger partial charge in [0, 0.05) is 19.7 Å². The number of rotatable bonds is 8. The Morgan fingerprint density at radius 2 is 1.45 bits per heavy atom. The zero-order chi connectivity index (χ0) is 21.6. The van der Waals surface area contributed by atoms with Crippen LogP contribution in [-0.2, 0) is 24.3 Å². The summed E-state index contributed by atoms with van der Waals surface area (Å²) in [5.41, 5.74) is 0.507. The number of amides is 1. The molecule has 0 aliphatic carbocycles. The number of likely N-dealkylation sites (N-methyl/N-ethyl adjacent to an activating group) is 1. The second-order valence-corrected chi connectivity index (χ2v) is 8.83. The van der Waals surface area contributed by atoms with Crippen LogP contribution in [0.2, 0.25) is 0 Å². The van der Waals surface area contributed by atoms with Crippen molar-refractivity contribution in [1.29, 1.82) is 0 Å². The molecular formula is C21H26N2O5S. The Morgan fingerprint density at radius 3 is 1.93 bits per heavy atom. The molecule has 2 atom stereocenters. The predicted octanol–water partition coefficient (Wildman–Crippen LogP) is 2.36. The highest BCUT2D eigenvalue weighted by Gasteiger charge is 2.34. The Morgan fingerprint density at radius 1 is 0.931 bits per heavy atom. The van der Waals surface area contributed by atoms with Crippen molar-refractivity contribution >= 4 is 21.9 Å². The van der Waals surface area contributed by atoms with Gasteiger partial charge in [-0.2, -0.15) is 4.72 Å². The van der Waals surface area contributed by atoms with Crippen LogP contribution in [0.3, 0.4) is 0 Å². The summed E-state index contributed by atoms with van der Waals surface area (Å²) in [5.74, 6) is -1.63. The van der Waals surface area contributed by atoms with Gasteiger partial charge in [-0.15, -0.1) is 0 Å². The molecule has 8 heteroatoms. The van der Waals surface area contributed by atoms with E-state index in [-0.39, 0.29) is 4.90 Å². The van der Waals surface area contributed by atoms with Gasteiger partial charge in [0.05, 0.1) is 4.90 Å². The van der Waals surface area contributed by atoms with Crippen molar-refractivity contribution in [3.63, 3.8) is 0 Å². The van der Waals surface area contributed by atoms with Crippen LogP contribution in [0.4, 0.5) is 0 Å². The average Bonchev–Trinajstić information content (AvgIpc) is 2.70. The van der Waals surface area contributed by atoms with E-state index in [1.165, 1.54) is 17.0 Å². The van der Waals surface area contributed by atoms with Crippen LogP contribution in [0.25, 0.3) is 0 Å². The lowest BCUT2D eigenvalue weighted by atomic mass is 10.1. The Labute approximate surface area is 171 Å². The normalized spacial score (nSPS) is 13.6. The minimum Gasteiger partial charge on any atom is -0.446 e. The van der Waals surface area contributed by atoms with E-state index in [2.05, 4.69) is 4.72 Å². The number of ether oxygens (including phenoxy) is 1. The van der Waals surface area contributed by atoms with Gasteiger partial charge in [-0.25, -0.2) is 8.42 Å². The second kappa shape index (κ2) is 9.67. The summed E-state index contributed by atoms with van der Waals surface area (Å²) in [6, 6.07) is 15.2. The topological polar surface area (TPSA) is 92.8 Å². The summed E-state index contributed by atoms with van der Waals surface area (Å²) in [4.78, 5) is 26.8. The van der Waals surface area contributed by atoms with Crippen molar-refractivity contribution < 1.29 is 22.7 Å². The quantitative estimate of drug-likeness (QED) is 0.665. The molecule has 2 unspecified atom stereocenters. The number of sulfonamides is 1. The van der Waals surface area contributed by atoms with Gasteiger partial charge >= 0.3 is 5.97 Å². The summed E-state index contributed by atoms with van der Waals surface area (Å²) in [7, 11) is -0.813. The van der Waals surface area contributed by atoms with E-state index in [1.54, 1.807) is 76.5 Å². The first-order chi connectivity index (χ1) is 13.6. The molecule has 1 N–H and O–H groups in total. The Kier molecular flexibility index (Phi) is 7.53. The van der Waals surface area contributed by atoms with Crippen molar-refractivity contribution in [3.05, 3.63) is 66.2 Å². The average molecular weight is 419 g/mol. The van der Waals surface area contributed by atoms with Crippen molar-refractivity contribution in [2.75, 3.05) is 14.1 Å². The van der Waals surface area contributed by atoms with Crippen LogP contribution < -0.4 is 4.72 Å². The molecule has 2 aromatic rings. The number of carbonyl (C=O) groups is 2. The van der Waals surface area contributed by atoms with Gasteiger partial charge in [0.1, 0.15) is 6.04 Å². The second-order valence-electron chi connectivity index (χ2n) is 7.12. The molecule has 0 bridgehead atoms. The largest absolute Gasteiger partial charge is 0.446 e. The molecule has 156 valence electrons. The zero-order valence-electron chi connectivity index (χ0n) is 16.9. The lowest BCUT2D eigenvalue weighted by Crippen LogP contribution is -2.46. The SMILES string of the molecule is CC(C)C(NS(=O)(=O)c1ccccc1)C(=O)OC(C(=O)N(C)C)c1ccccc1. The molecule has 2 rings (SSSR count). The van der Waals surface area contributed by atoms with Crippen LogP contribution >= 0.6 is 0 Å². The first-order valence-corrected chi connectivity index (χ1v) is 10.7. The molecule has 29 heavy (non-hydrogen) atoms. The van der Waals surface area contributed by atoms with Crippen molar-refractivity contribution in [2.45, 2.75) is 30.9 Å². The van der Waals surface area contributed by atoms with Gasteiger partial charge < -0.3 is 9.64 Å². The van der Waals surface area contributed by atoms with E-state index in [1.807, 2.05) is 0 Å². The third kappa shape index (κ3) is 5.88. The van der Waals surface area contributed by atoms with E-state index in [4.69, 9.17) is 4.74 Å². The van der Waals surface area contributed by atoms with Gasteiger partial charge in [0.25, 0.3) is 5.91 Å². The fraction of sp³-hybridized carbons (Fsp3) is 0.333. The first-order valence-electron chi connectivity index (χ1n) is 9.17. The summed E-state index contributed by atoms with van der Waals surface area (Å²) >= 11 is 0. The molecule has 0 heterocycles. The fourth-order valence-electron chi connectivity index (χ4n) is 2.60. The summed E-state index contributed by atoms with van der Waals surface area (Å²) in [5, 5.41) is 0. The van der Waals surface area contributed by atoms with Gasteiger partial charge in [0.15, 0.2) is 0 Å². The smallest absolute Gasteiger partial charge is 0.325 e. The number of hydrogen-bond acceptors (Lipinski definition) is 5. The van der Waals surface area contributed by atoms with E-state index in [9.17, 15) is 18.0 Å². The number of nitrogens with zero attached hydrogens (tertiary/aromatic N) is 1. The van der Waals surface area contributed by atoms with E-state index >= 15 is 0 Å². The minimum absolute atomic E-state index is 0.0439. The zero-order valence-corrected chi connectivity index (χ0v) is 17.7. The highest BCUT2D eigenvalue weighted by Crippen LogP contribution is 2.22. The van der Waals surface area contributed by atoms with E-state index in [0.29, 0.717) is 5.56 Å². The molecule has 0 spiro atoms. The lowest BCUT2D eigenvalue weighted by molar-refractivity contribution is -0.162. The monoisotopic (exact) mass is 418 g/mol. The first kappa shape index (κ1) is 22.6. The lowest BCUT2D eigenvalue weighted by Gasteiger charge is -2.26. The standard InChI is InChI=1S/C21H26N2O5S/c1-15(2)18(22-29(26,27)17-13-9-6-10-14-17)21(25)28-19(20(24)23(3)4)16-11-7-5-8-12-16/h5-15,18-19,22H,1-4H3. The van der Waals surface area contributed by atoms with Gasteiger partial charge in [-0.1, -0.05) is 62.4 Å². The van der Waals surface area contributed by atoms with Gasteiger partial charge in [0.2, 0.25) is 16.1 Å². The Bertz CT molecular complexity index is 928. The Hall–Kier alpha value is -2.71. The minimum atomic E-state index is -3.93. The van der Waals surface area contributed by atoms with Crippen LogP contribution in [0.1, 0.15) is 25.5 Å². The predicted molar refractivity (Wildman–Crippen MR) is 109 cm³/mol. The summed E-state index contributed by atoms with van der Waals surface area (Å²) in [6.45, 7) is 3.40. The molecular weight excluding hydrogens is 392 g/mol. The molecule has 0 radical (unpaired) electrons. The van der Waals surface area contributed by atoms with Crippen molar-refractivity contribution in [1.82, 2.24) is 9.62 Å². The third-order valence-corrected chi connectivity index (χ3v) is 5.71. The number of hydrogen-bond donors (Lipinski definition) is 1. The van der Waals surface area contributed by atoms with Crippen LogP contribution in [-0.4, -0.2) is 45.3 Å². The van der Waals surface area contributed by atoms with Crippen LogP contribution in [0.15, 0.2) is 65.6 Å². The molecule has 1 amide bonds. The fourth-order valence-corrected chi connectivity index (χ4v) is 3.96. The molecule has 0 aliphatic rings. The van der Waals surface area contributed by atoms with Crippen molar-refractivity contribution in [2.24, 2.45) is 5.92 Å². The molecule has 2 aromatic carbocycles. The summed E-state index contributed by atoms with van der Waals surface area (Å²) in [6.07, 6.45) is -1.17. The summed E-state index contributed by atoms with van der Waals surface area (Å²) < 4.78 is 33.2. The molecule has 0 fully saturated rings. The highest BCUT2D eigenvalue weighted by molar-refractivity contribution is 7.89. The van der Waals surface area contributed by atoms with Crippen LogP contribution in [0, 0.1) is 5.92 Å². The van der Waals surface area contributed by atoms with Gasteiger partial charge in [-0.05, 0) is 18.1 Å². The third-order valence-electron chi connectivity index (χ3n) is 4.26. The van der Waals surface area contributed by atoms with Crippen molar-refractivity contribution in [3.8, 4) is 0 Å². The number of carbonyl (C=O) groups excluding carboxylic acids is 2. The molecule has 7 nitrogen and oxygen atoms in total. The molecule has 0 saturated carbocycles. The van der Waals surface area contributed by atoms with Gasteiger partial charge in [-0.3, -0.25) is 9.59 Å².